The Morgan fingerprint density at radius 3 is 2.86 bits per heavy atom. The van der Waals surface area contributed by atoms with Crippen molar-refractivity contribution in [1.82, 2.24) is 10.3 Å². The molecule has 1 unspecified atom stereocenters. The van der Waals surface area contributed by atoms with Crippen molar-refractivity contribution in [3.8, 4) is 0 Å². The molecule has 0 aliphatic rings. The van der Waals surface area contributed by atoms with Gasteiger partial charge in [0.25, 0.3) is 0 Å². The largest absolute Gasteiger partial charge is 0.306 e. The summed E-state index contributed by atoms with van der Waals surface area (Å²) in [5, 5.41) is 4.87. The minimum atomic E-state index is 0.272. The molecule has 1 N–H and O–H groups in total. The molecule has 108 valence electrons. The van der Waals surface area contributed by atoms with E-state index < -0.39 is 0 Å². The van der Waals surface area contributed by atoms with Crippen molar-refractivity contribution in [3.63, 3.8) is 0 Å². The third-order valence-corrected chi connectivity index (χ3v) is 4.67. The highest BCUT2D eigenvalue weighted by Gasteiger charge is 2.15. The second kappa shape index (κ2) is 6.37. The van der Waals surface area contributed by atoms with Crippen LogP contribution in [0.2, 0.25) is 0 Å². The average molecular weight is 296 g/mol. The van der Waals surface area contributed by atoms with Crippen molar-refractivity contribution in [2.24, 2.45) is 0 Å². The molecule has 0 amide bonds. The van der Waals surface area contributed by atoms with Crippen molar-refractivity contribution in [1.29, 1.82) is 0 Å². The Bertz CT molecular complexity index is 733. The van der Waals surface area contributed by atoms with Gasteiger partial charge in [-0.15, -0.1) is 11.3 Å². The summed E-state index contributed by atoms with van der Waals surface area (Å²) in [5.41, 5.74) is 2.36. The zero-order valence-electron chi connectivity index (χ0n) is 12.5. The molecule has 2 nitrogen and oxygen atoms in total. The molecule has 0 aliphatic heterocycles. The molecule has 0 fully saturated rings. The fourth-order valence-corrected chi connectivity index (χ4v) is 3.53. The highest BCUT2D eigenvalue weighted by Crippen LogP contribution is 2.29. The van der Waals surface area contributed by atoms with E-state index in [1.807, 2.05) is 23.6 Å². The number of rotatable bonds is 5. The van der Waals surface area contributed by atoms with Gasteiger partial charge in [0.2, 0.25) is 0 Å². The monoisotopic (exact) mass is 296 g/mol. The smallest absolute Gasteiger partial charge is 0.0702 e. The summed E-state index contributed by atoms with van der Waals surface area (Å²) in [6.45, 7) is 5.39. The molecule has 21 heavy (non-hydrogen) atoms. The van der Waals surface area contributed by atoms with E-state index in [0.717, 1.165) is 18.5 Å². The van der Waals surface area contributed by atoms with Gasteiger partial charge in [0, 0.05) is 21.3 Å². The molecular formula is C18H20N2S. The molecule has 0 bridgehead atoms. The van der Waals surface area contributed by atoms with Gasteiger partial charge in [0.1, 0.15) is 0 Å². The van der Waals surface area contributed by atoms with E-state index >= 15 is 0 Å². The van der Waals surface area contributed by atoms with Gasteiger partial charge in [-0.25, -0.2) is 0 Å². The quantitative estimate of drug-likeness (QED) is 0.738. The molecule has 0 aliphatic carbocycles. The zero-order valence-corrected chi connectivity index (χ0v) is 13.3. The number of thiophene rings is 1. The number of hydrogen-bond donors (Lipinski definition) is 1. The predicted octanol–water partition coefficient (Wildman–Crippen LogP) is 4.69. The fraction of sp³-hybridized carbons (Fsp3) is 0.278. The lowest BCUT2D eigenvalue weighted by molar-refractivity contribution is 0.606. The van der Waals surface area contributed by atoms with Gasteiger partial charge >= 0.3 is 0 Å². The molecule has 2 aromatic heterocycles. The standard InChI is InChI=1S/C18H20N2S/c1-3-10-20-18(17-9-6-13(2)21-17)15-7-8-16-14(12-15)5-4-11-19-16/h4-9,11-12,18,20H,3,10H2,1-2H3. The van der Waals surface area contributed by atoms with Crippen LogP contribution >= 0.6 is 11.3 Å². The average Bonchev–Trinajstić information content (AvgIpc) is 2.94. The molecule has 3 aromatic rings. The van der Waals surface area contributed by atoms with Crippen LogP contribution < -0.4 is 5.32 Å². The van der Waals surface area contributed by atoms with Gasteiger partial charge in [-0.3, -0.25) is 4.98 Å². The Hall–Kier alpha value is -1.71. The van der Waals surface area contributed by atoms with E-state index in [0.29, 0.717) is 0 Å². The summed E-state index contributed by atoms with van der Waals surface area (Å²) < 4.78 is 0. The van der Waals surface area contributed by atoms with Crippen LogP contribution in [-0.2, 0) is 0 Å². The number of nitrogens with one attached hydrogen (secondary N) is 1. The van der Waals surface area contributed by atoms with E-state index in [9.17, 15) is 0 Å². The minimum absolute atomic E-state index is 0.272. The number of pyridine rings is 1. The Kier molecular flexibility index (Phi) is 4.32. The van der Waals surface area contributed by atoms with Gasteiger partial charge in [-0.05, 0) is 55.8 Å². The predicted molar refractivity (Wildman–Crippen MR) is 90.9 cm³/mol. The highest BCUT2D eigenvalue weighted by molar-refractivity contribution is 7.12. The van der Waals surface area contributed by atoms with Crippen molar-refractivity contribution in [2.45, 2.75) is 26.3 Å². The van der Waals surface area contributed by atoms with Crippen LogP contribution in [0, 0.1) is 6.92 Å². The van der Waals surface area contributed by atoms with Crippen LogP contribution in [0.3, 0.4) is 0 Å². The molecule has 3 heteroatoms. The molecule has 1 atom stereocenters. The summed E-state index contributed by atoms with van der Waals surface area (Å²) in [6.07, 6.45) is 2.98. The number of hydrogen-bond acceptors (Lipinski definition) is 3. The number of fused-ring (bicyclic) bond motifs is 1. The molecule has 1 aromatic carbocycles. The molecule has 0 saturated heterocycles. The first-order valence-electron chi connectivity index (χ1n) is 7.42. The van der Waals surface area contributed by atoms with E-state index in [1.165, 1.54) is 20.7 Å². The maximum Gasteiger partial charge on any atom is 0.0702 e. The lowest BCUT2D eigenvalue weighted by atomic mass is 10.0. The molecule has 0 saturated carbocycles. The topological polar surface area (TPSA) is 24.9 Å². The van der Waals surface area contributed by atoms with Gasteiger partial charge < -0.3 is 5.32 Å². The van der Waals surface area contributed by atoms with E-state index in [2.05, 4.69) is 60.5 Å². The first kappa shape index (κ1) is 14.2. The van der Waals surface area contributed by atoms with Crippen LogP contribution in [-0.4, -0.2) is 11.5 Å². The lowest BCUT2D eigenvalue weighted by Crippen LogP contribution is -2.22. The summed E-state index contributed by atoms with van der Waals surface area (Å²) in [6, 6.07) is 15.4. The van der Waals surface area contributed by atoms with E-state index in [4.69, 9.17) is 0 Å². The van der Waals surface area contributed by atoms with Crippen LogP contribution in [0.5, 0.6) is 0 Å². The number of nitrogens with zero attached hydrogens (tertiary/aromatic N) is 1. The van der Waals surface area contributed by atoms with Gasteiger partial charge in [0.05, 0.1) is 11.6 Å². The second-order valence-electron chi connectivity index (χ2n) is 5.29. The lowest BCUT2D eigenvalue weighted by Gasteiger charge is -2.18. The Balaban J connectivity index is 2.00. The summed E-state index contributed by atoms with van der Waals surface area (Å²) >= 11 is 1.87. The molecule has 3 rings (SSSR count). The van der Waals surface area contributed by atoms with Gasteiger partial charge in [-0.2, -0.15) is 0 Å². The first-order valence-corrected chi connectivity index (χ1v) is 8.24. The van der Waals surface area contributed by atoms with Crippen LogP contribution in [0.15, 0.2) is 48.7 Å². The molecule has 0 spiro atoms. The van der Waals surface area contributed by atoms with Crippen molar-refractivity contribution in [2.75, 3.05) is 6.54 Å². The SMILES string of the molecule is CCCNC(c1ccc2ncccc2c1)c1ccc(C)s1. The first-order chi connectivity index (χ1) is 10.3. The number of aryl methyl sites for hydroxylation is 1. The Labute approximate surface area is 129 Å². The summed E-state index contributed by atoms with van der Waals surface area (Å²) in [5.74, 6) is 0. The summed E-state index contributed by atoms with van der Waals surface area (Å²) in [4.78, 5) is 7.14. The fourth-order valence-electron chi connectivity index (χ4n) is 2.55. The van der Waals surface area contributed by atoms with Gasteiger partial charge in [-0.1, -0.05) is 19.1 Å². The Morgan fingerprint density at radius 1 is 1.19 bits per heavy atom. The maximum absolute atomic E-state index is 4.40. The normalized spacial score (nSPS) is 12.7. The second-order valence-corrected chi connectivity index (χ2v) is 6.61. The van der Waals surface area contributed by atoms with Crippen molar-refractivity contribution in [3.05, 3.63) is 64.0 Å². The molecule has 0 radical (unpaired) electrons. The number of benzene rings is 1. The Morgan fingerprint density at radius 2 is 2.10 bits per heavy atom. The zero-order chi connectivity index (χ0) is 14.7. The maximum atomic E-state index is 4.40. The third-order valence-electron chi connectivity index (χ3n) is 3.60. The highest BCUT2D eigenvalue weighted by atomic mass is 32.1. The third kappa shape index (κ3) is 3.14. The van der Waals surface area contributed by atoms with Gasteiger partial charge in [0.15, 0.2) is 0 Å². The molecular weight excluding hydrogens is 276 g/mol. The molecule has 2 heterocycles. The minimum Gasteiger partial charge on any atom is -0.306 e. The van der Waals surface area contributed by atoms with E-state index in [-0.39, 0.29) is 6.04 Å². The van der Waals surface area contributed by atoms with Crippen LogP contribution in [0.1, 0.15) is 34.7 Å². The number of aromatic nitrogens is 1. The van der Waals surface area contributed by atoms with Crippen molar-refractivity contribution < 1.29 is 0 Å². The van der Waals surface area contributed by atoms with Crippen LogP contribution in [0.4, 0.5) is 0 Å². The van der Waals surface area contributed by atoms with Crippen LogP contribution in [0.25, 0.3) is 10.9 Å². The van der Waals surface area contributed by atoms with Crippen molar-refractivity contribution >= 4 is 22.2 Å². The van der Waals surface area contributed by atoms with E-state index in [1.54, 1.807) is 0 Å². The summed E-state index contributed by atoms with van der Waals surface area (Å²) in [7, 11) is 0.